The van der Waals surface area contributed by atoms with Gasteiger partial charge in [-0.15, -0.1) is 11.3 Å². The average Bonchev–Trinajstić information content (AvgIpc) is 3.50. The van der Waals surface area contributed by atoms with Crippen LogP contribution in [0.25, 0.3) is 0 Å². The van der Waals surface area contributed by atoms with Crippen LogP contribution in [-0.4, -0.2) is 42.0 Å². The molecule has 1 saturated carbocycles. The van der Waals surface area contributed by atoms with Gasteiger partial charge in [0.1, 0.15) is 5.82 Å². The predicted molar refractivity (Wildman–Crippen MR) is 125 cm³/mol. The summed E-state index contributed by atoms with van der Waals surface area (Å²) in [5, 5.41) is 11.4. The molecule has 0 radical (unpaired) electrons. The van der Waals surface area contributed by atoms with Crippen molar-refractivity contribution in [1.29, 1.82) is 0 Å². The Morgan fingerprint density at radius 2 is 2.06 bits per heavy atom. The van der Waals surface area contributed by atoms with Crippen LogP contribution >= 0.6 is 11.3 Å². The molecule has 1 aromatic carbocycles. The van der Waals surface area contributed by atoms with Gasteiger partial charge in [0.15, 0.2) is 0 Å². The van der Waals surface area contributed by atoms with Crippen molar-refractivity contribution in [2.24, 2.45) is 0 Å². The molecule has 0 unspecified atom stereocenters. The number of ether oxygens (including phenoxy) is 1. The van der Waals surface area contributed by atoms with Gasteiger partial charge in [0.25, 0.3) is 5.91 Å². The van der Waals surface area contributed by atoms with Gasteiger partial charge in [-0.25, -0.2) is 9.78 Å². The Balaban J connectivity index is 1.36. The fourth-order valence-corrected chi connectivity index (χ4v) is 3.89. The minimum absolute atomic E-state index is 0.0404. The van der Waals surface area contributed by atoms with Crippen molar-refractivity contribution in [2.45, 2.75) is 25.2 Å². The third-order valence-electron chi connectivity index (χ3n) is 5.05. The van der Waals surface area contributed by atoms with E-state index in [9.17, 15) is 9.59 Å². The first-order chi connectivity index (χ1) is 15.6. The smallest absolute Gasteiger partial charge is 0.337 e. The van der Waals surface area contributed by atoms with E-state index in [1.54, 1.807) is 18.2 Å². The molecule has 3 N–H and O–H groups in total. The van der Waals surface area contributed by atoms with E-state index in [-0.39, 0.29) is 5.91 Å². The number of nitrogens with zero attached hydrogens (tertiary/aromatic N) is 2. The largest absolute Gasteiger partial charge is 0.465 e. The highest BCUT2D eigenvalue weighted by atomic mass is 32.1. The Kier molecular flexibility index (Phi) is 6.96. The minimum atomic E-state index is -0.396. The van der Waals surface area contributed by atoms with Crippen LogP contribution in [0.3, 0.4) is 0 Å². The first-order valence-corrected chi connectivity index (χ1v) is 11.4. The van der Waals surface area contributed by atoms with E-state index < -0.39 is 5.97 Å². The molecule has 0 aliphatic heterocycles. The molecule has 32 heavy (non-hydrogen) atoms. The fraction of sp³-hybridized carbons (Fsp3) is 0.304. The van der Waals surface area contributed by atoms with Gasteiger partial charge in [0, 0.05) is 30.5 Å². The number of amides is 1. The molecule has 0 atom stereocenters. The lowest BCUT2D eigenvalue weighted by molar-refractivity contribution is 0.0600. The number of methoxy groups -OCH3 is 1. The quantitative estimate of drug-likeness (QED) is 0.314. The van der Waals surface area contributed by atoms with E-state index in [1.807, 2.05) is 29.8 Å². The monoisotopic (exact) mass is 451 g/mol. The summed E-state index contributed by atoms with van der Waals surface area (Å²) < 4.78 is 4.78. The maximum absolute atomic E-state index is 12.0. The van der Waals surface area contributed by atoms with E-state index in [0.29, 0.717) is 36.2 Å². The zero-order valence-electron chi connectivity index (χ0n) is 17.8. The highest BCUT2D eigenvalue weighted by molar-refractivity contribution is 7.12. The first kappa shape index (κ1) is 21.8. The summed E-state index contributed by atoms with van der Waals surface area (Å²) in [5.41, 5.74) is 2.27. The first-order valence-electron chi connectivity index (χ1n) is 10.5. The molecule has 1 amide bonds. The zero-order chi connectivity index (χ0) is 22.3. The molecule has 3 aromatic rings. The SMILES string of the molecule is COC(=O)c1cccc(Nc2ncc(C3CC3)c(NCCCNC(=O)c3cccs3)n2)c1. The molecule has 1 aliphatic carbocycles. The summed E-state index contributed by atoms with van der Waals surface area (Å²) in [6.45, 7) is 1.26. The normalized spacial score (nSPS) is 12.8. The fourth-order valence-electron chi connectivity index (χ4n) is 3.25. The van der Waals surface area contributed by atoms with E-state index >= 15 is 0 Å². The number of nitrogens with one attached hydrogen (secondary N) is 3. The molecule has 1 fully saturated rings. The molecular formula is C23H25N5O3S. The van der Waals surface area contributed by atoms with Gasteiger partial charge < -0.3 is 20.7 Å². The van der Waals surface area contributed by atoms with Gasteiger partial charge in [-0.05, 0) is 54.8 Å². The third kappa shape index (κ3) is 5.61. The van der Waals surface area contributed by atoms with Crippen molar-refractivity contribution < 1.29 is 14.3 Å². The van der Waals surface area contributed by atoms with Crippen LogP contribution in [0.4, 0.5) is 17.5 Å². The lowest BCUT2D eigenvalue weighted by Gasteiger charge is -2.13. The summed E-state index contributed by atoms with van der Waals surface area (Å²) >= 11 is 1.43. The van der Waals surface area contributed by atoms with Crippen LogP contribution in [-0.2, 0) is 4.74 Å². The Hall–Kier alpha value is -3.46. The molecule has 1 aliphatic rings. The molecule has 166 valence electrons. The Bertz CT molecular complexity index is 1080. The number of anilines is 3. The number of hydrogen-bond acceptors (Lipinski definition) is 8. The average molecular weight is 452 g/mol. The number of aromatic nitrogens is 2. The van der Waals surface area contributed by atoms with Gasteiger partial charge in [0.05, 0.1) is 17.6 Å². The molecule has 4 rings (SSSR count). The van der Waals surface area contributed by atoms with Crippen LogP contribution in [0.1, 0.15) is 50.8 Å². The zero-order valence-corrected chi connectivity index (χ0v) is 18.6. The number of hydrogen-bond donors (Lipinski definition) is 3. The van der Waals surface area contributed by atoms with Crippen LogP contribution < -0.4 is 16.0 Å². The second kappa shape index (κ2) is 10.2. The summed E-state index contributed by atoms with van der Waals surface area (Å²) in [4.78, 5) is 33.6. The lowest BCUT2D eigenvalue weighted by Crippen LogP contribution is -2.25. The summed E-state index contributed by atoms with van der Waals surface area (Å²) in [7, 11) is 1.35. The number of carbonyl (C=O) groups is 2. The summed E-state index contributed by atoms with van der Waals surface area (Å²) in [6.07, 6.45) is 4.92. The van der Waals surface area contributed by atoms with Gasteiger partial charge >= 0.3 is 5.97 Å². The maximum atomic E-state index is 12.0. The van der Waals surface area contributed by atoms with Gasteiger partial charge in [0.2, 0.25) is 5.95 Å². The highest BCUT2D eigenvalue weighted by Crippen LogP contribution is 2.42. The number of rotatable bonds is 10. The van der Waals surface area contributed by atoms with Gasteiger partial charge in [-0.1, -0.05) is 12.1 Å². The highest BCUT2D eigenvalue weighted by Gasteiger charge is 2.27. The van der Waals surface area contributed by atoms with Gasteiger partial charge in [-0.2, -0.15) is 4.98 Å². The number of thiophene rings is 1. The van der Waals surface area contributed by atoms with Crippen molar-refractivity contribution in [3.63, 3.8) is 0 Å². The van der Waals surface area contributed by atoms with Crippen LogP contribution in [0.15, 0.2) is 48.0 Å². The van der Waals surface area contributed by atoms with E-state index in [1.165, 1.54) is 18.4 Å². The topological polar surface area (TPSA) is 105 Å². The molecule has 2 heterocycles. The van der Waals surface area contributed by atoms with Crippen LogP contribution in [0.2, 0.25) is 0 Å². The number of benzene rings is 1. The molecule has 0 spiro atoms. The molecule has 2 aromatic heterocycles. The second-order valence-corrected chi connectivity index (χ2v) is 8.43. The van der Waals surface area contributed by atoms with E-state index in [4.69, 9.17) is 4.74 Å². The Morgan fingerprint density at radius 1 is 1.19 bits per heavy atom. The lowest BCUT2D eigenvalue weighted by atomic mass is 10.2. The predicted octanol–water partition coefficient (Wildman–Crippen LogP) is 4.18. The van der Waals surface area contributed by atoms with Crippen LogP contribution in [0, 0.1) is 0 Å². The van der Waals surface area contributed by atoms with E-state index in [2.05, 4.69) is 25.9 Å². The molecular weight excluding hydrogens is 426 g/mol. The number of carbonyl (C=O) groups excluding carboxylic acids is 2. The van der Waals surface area contributed by atoms with Gasteiger partial charge in [-0.3, -0.25) is 4.79 Å². The summed E-state index contributed by atoms with van der Waals surface area (Å²) in [6, 6.07) is 10.7. The van der Waals surface area contributed by atoms with Crippen molar-refractivity contribution in [3.8, 4) is 0 Å². The Morgan fingerprint density at radius 3 is 2.81 bits per heavy atom. The summed E-state index contributed by atoms with van der Waals surface area (Å²) in [5.74, 6) is 1.31. The third-order valence-corrected chi connectivity index (χ3v) is 5.92. The van der Waals surface area contributed by atoms with Crippen molar-refractivity contribution >= 4 is 40.7 Å². The molecule has 9 heteroatoms. The standard InChI is InChI=1S/C23H25N5O3S/c1-31-22(30)16-5-2-6-17(13-16)27-23-26-14-18(15-8-9-15)20(28-23)24-10-4-11-25-21(29)19-7-3-12-32-19/h2-3,5-7,12-15H,4,8-11H2,1H3,(H,25,29)(H2,24,26,27,28). The van der Waals surface area contributed by atoms with Crippen molar-refractivity contribution in [2.75, 3.05) is 30.8 Å². The second-order valence-electron chi connectivity index (χ2n) is 7.48. The van der Waals surface area contributed by atoms with E-state index in [0.717, 1.165) is 35.5 Å². The maximum Gasteiger partial charge on any atom is 0.337 e. The van der Waals surface area contributed by atoms with Crippen molar-refractivity contribution in [1.82, 2.24) is 15.3 Å². The number of esters is 1. The Labute approximate surface area is 190 Å². The molecule has 0 bridgehead atoms. The molecule has 0 saturated heterocycles. The van der Waals surface area contributed by atoms with Crippen LogP contribution in [0.5, 0.6) is 0 Å². The molecule has 8 nitrogen and oxygen atoms in total. The van der Waals surface area contributed by atoms with Crippen molar-refractivity contribution in [3.05, 3.63) is 64.0 Å². The minimum Gasteiger partial charge on any atom is -0.465 e.